The molecule has 0 saturated carbocycles. The number of ether oxygens (including phenoxy) is 2. The Morgan fingerprint density at radius 2 is 2.32 bits per heavy atom. The van der Waals surface area contributed by atoms with Gasteiger partial charge in [0, 0.05) is 12.6 Å². The first-order valence-corrected chi connectivity index (χ1v) is 6.53. The van der Waals surface area contributed by atoms with Crippen LogP contribution in [0.3, 0.4) is 0 Å². The van der Waals surface area contributed by atoms with Crippen LogP contribution in [0.5, 0.6) is 5.75 Å². The van der Waals surface area contributed by atoms with E-state index in [4.69, 9.17) is 9.47 Å². The number of nitrogens with one attached hydrogen (secondary N) is 2. The molecule has 1 amide bonds. The average molecular weight is 264 g/mol. The van der Waals surface area contributed by atoms with E-state index < -0.39 is 0 Å². The van der Waals surface area contributed by atoms with Crippen molar-refractivity contribution in [2.24, 2.45) is 0 Å². The molecule has 1 fully saturated rings. The molecule has 1 aromatic carbocycles. The van der Waals surface area contributed by atoms with Gasteiger partial charge in [-0.15, -0.1) is 0 Å². The zero-order valence-corrected chi connectivity index (χ0v) is 11.1. The van der Waals surface area contributed by atoms with Gasteiger partial charge in [0.2, 0.25) is 5.91 Å². The van der Waals surface area contributed by atoms with Crippen LogP contribution in [-0.4, -0.2) is 38.8 Å². The van der Waals surface area contributed by atoms with Crippen LogP contribution in [0.4, 0.5) is 5.69 Å². The number of amides is 1. The van der Waals surface area contributed by atoms with Crippen molar-refractivity contribution >= 4 is 11.6 Å². The number of carbonyl (C=O) groups is 1. The van der Waals surface area contributed by atoms with Gasteiger partial charge in [0.1, 0.15) is 5.75 Å². The lowest BCUT2D eigenvalue weighted by Gasteiger charge is -2.23. The molecular weight excluding hydrogens is 244 g/mol. The van der Waals surface area contributed by atoms with Crippen molar-refractivity contribution in [2.75, 3.05) is 32.2 Å². The Kier molecular flexibility index (Phi) is 5.18. The molecule has 5 heteroatoms. The van der Waals surface area contributed by atoms with E-state index in [1.807, 2.05) is 24.3 Å². The zero-order chi connectivity index (χ0) is 13.5. The highest BCUT2D eigenvalue weighted by atomic mass is 16.5. The topological polar surface area (TPSA) is 59.6 Å². The number of rotatable bonds is 5. The van der Waals surface area contributed by atoms with Gasteiger partial charge in [-0.05, 0) is 25.0 Å². The summed E-state index contributed by atoms with van der Waals surface area (Å²) in [7, 11) is 1.59. The van der Waals surface area contributed by atoms with E-state index >= 15 is 0 Å². The fourth-order valence-electron chi connectivity index (χ4n) is 2.08. The molecule has 0 aliphatic carbocycles. The van der Waals surface area contributed by atoms with E-state index in [2.05, 4.69) is 10.6 Å². The molecule has 1 heterocycles. The van der Waals surface area contributed by atoms with E-state index in [1.165, 1.54) is 0 Å². The Hall–Kier alpha value is -1.59. The minimum atomic E-state index is -0.0740. The first-order chi connectivity index (χ1) is 9.29. The number of benzene rings is 1. The maximum Gasteiger partial charge on any atom is 0.238 e. The summed E-state index contributed by atoms with van der Waals surface area (Å²) in [5.74, 6) is 0.590. The van der Waals surface area contributed by atoms with Gasteiger partial charge in [0.05, 0.1) is 25.9 Å². The molecule has 1 atom stereocenters. The highest BCUT2D eigenvalue weighted by molar-refractivity contribution is 5.93. The van der Waals surface area contributed by atoms with Crippen molar-refractivity contribution in [3.05, 3.63) is 24.3 Å². The Morgan fingerprint density at radius 3 is 3.05 bits per heavy atom. The predicted octanol–water partition coefficient (Wildman–Crippen LogP) is 1.40. The fourth-order valence-corrected chi connectivity index (χ4v) is 2.08. The predicted molar refractivity (Wildman–Crippen MR) is 73.5 cm³/mol. The minimum Gasteiger partial charge on any atom is -0.495 e. The Labute approximate surface area is 113 Å². The van der Waals surface area contributed by atoms with Gasteiger partial charge in [-0.3, -0.25) is 4.79 Å². The van der Waals surface area contributed by atoms with Gasteiger partial charge in [-0.25, -0.2) is 0 Å². The van der Waals surface area contributed by atoms with Crippen molar-refractivity contribution in [1.82, 2.24) is 5.32 Å². The van der Waals surface area contributed by atoms with E-state index in [1.54, 1.807) is 7.11 Å². The maximum atomic E-state index is 11.9. The summed E-state index contributed by atoms with van der Waals surface area (Å²) in [5, 5.41) is 6.04. The third kappa shape index (κ3) is 4.22. The molecule has 5 nitrogen and oxygen atoms in total. The largest absolute Gasteiger partial charge is 0.495 e. The second-order valence-corrected chi connectivity index (χ2v) is 4.54. The monoisotopic (exact) mass is 264 g/mol. The van der Waals surface area contributed by atoms with Crippen LogP contribution in [0.15, 0.2) is 24.3 Å². The van der Waals surface area contributed by atoms with Gasteiger partial charge in [-0.2, -0.15) is 0 Å². The number of para-hydroxylation sites is 2. The molecule has 1 unspecified atom stereocenters. The number of carbonyl (C=O) groups excluding carboxylic acids is 1. The minimum absolute atomic E-state index is 0.0740. The van der Waals surface area contributed by atoms with Crippen LogP contribution >= 0.6 is 0 Å². The fraction of sp³-hybridized carbons (Fsp3) is 0.500. The van der Waals surface area contributed by atoms with E-state index in [9.17, 15) is 4.79 Å². The van der Waals surface area contributed by atoms with Gasteiger partial charge in [-0.1, -0.05) is 12.1 Å². The van der Waals surface area contributed by atoms with Crippen molar-refractivity contribution < 1.29 is 14.3 Å². The van der Waals surface area contributed by atoms with Crippen LogP contribution < -0.4 is 15.4 Å². The van der Waals surface area contributed by atoms with E-state index in [0.29, 0.717) is 18.0 Å². The highest BCUT2D eigenvalue weighted by Crippen LogP contribution is 2.22. The molecule has 2 N–H and O–H groups in total. The summed E-state index contributed by atoms with van der Waals surface area (Å²) in [6, 6.07) is 7.64. The van der Waals surface area contributed by atoms with Gasteiger partial charge in [0.25, 0.3) is 0 Å². The highest BCUT2D eigenvalue weighted by Gasteiger charge is 2.14. The summed E-state index contributed by atoms with van der Waals surface area (Å²) in [6.07, 6.45) is 2.10. The van der Waals surface area contributed by atoms with Crippen molar-refractivity contribution in [3.63, 3.8) is 0 Å². The standard InChI is InChI=1S/C14H20N2O3/c1-18-13-7-3-2-6-12(13)16-14(17)9-15-11-5-4-8-19-10-11/h2-3,6-7,11,15H,4-5,8-10H2,1H3,(H,16,17). The number of methoxy groups -OCH3 is 1. The second kappa shape index (κ2) is 7.11. The number of anilines is 1. The maximum absolute atomic E-state index is 11.9. The molecule has 1 aromatic rings. The smallest absolute Gasteiger partial charge is 0.238 e. The lowest BCUT2D eigenvalue weighted by Crippen LogP contribution is -2.41. The van der Waals surface area contributed by atoms with Crippen molar-refractivity contribution in [2.45, 2.75) is 18.9 Å². The summed E-state index contributed by atoms with van der Waals surface area (Å²) in [6.45, 7) is 1.79. The molecule has 1 aliphatic heterocycles. The third-order valence-electron chi connectivity index (χ3n) is 3.09. The second-order valence-electron chi connectivity index (χ2n) is 4.54. The van der Waals surface area contributed by atoms with E-state index in [-0.39, 0.29) is 18.5 Å². The molecule has 0 bridgehead atoms. The molecule has 104 valence electrons. The molecule has 1 saturated heterocycles. The Bertz CT molecular complexity index is 417. The summed E-state index contributed by atoms with van der Waals surface area (Å²) >= 11 is 0. The molecule has 19 heavy (non-hydrogen) atoms. The molecule has 2 rings (SSSR count). The van der Waals surface area contributed by atoms with Crippen LogP contribution in [0.2, 0.25) is 0 Å². The molecule has 0 radical (unpaired) electrons. The van der Waals surface area contributed by atoms with E-state index in [0.717, 1.165) is 19.4 Å². The quantitative estimate of drug-likeness (QED) is 0.844. The molecule has 0 spiro atoms. The first kappa shape index (κ1) is 13.8. The first-order valence-electron chi connectivity index (χ1n) is 6.53. The molecular formula is C14H20N2O3. The SMILES string of the molecule is COc1ccccc1NC(=O)CNC1CCCOC1. The van der Waals surface area contributed by atoms with Crippen LogP contribution in [0, 0.1) is 0 Å². The van der Waals surface area contributed by atoms with Gasteiger partial charge >= 0.3 is 0 Å². The summed E-state index contributed by atoms with van der Waals surface area (Å²) in [5.41, 5.74) is 0.691. The summed E-state index contributed by atoms with van der Waals surface area (Å²) < 4.78 is 10.5. The van der Waals surface area contributed by atoms with Gasteiger partial charge in [0.15, 0.2) is 0 Å². The van der Waals surface area contributed by atoms with Crippen LogP contribution in [0.1, 0.15) is 12.8 Å². The van der Waals surface area contributed by atoms with Gasteiger partial charge < -0.3 is 20.1 Å². The number of hydrogen-bond acceptors (Lipinski definition) is 4. The zero-order valence-electron chi connectivity index (χ0n) is 11.1. The Morgan fingerprint density at radius 1 is 1.47 bits per heavy atom. The molecule has 1 aliphatic rings. The Balaban J connectivity index is 1.80. The van der Waals surface area contributed by atoms with Crippen LogP contribution in [0.25, 0.3) is 0 Å². The lowest BCUT2D eigenvalue weighted by atomic mass is 10.1. The third-order valence-corrected chi connectivity index (χ3v) is 3.09. The number of hydrogen-bond donors (Lipinski definition) is 2. The average Bonchev–Trinajstić information content (AvgIpc) is 2.47. The van der Waals surface area contributed by atoms with Crippen molar-refractivity contribution in [3.8, 4) is 5.75 Å². The van der Waals surface area contributed by atoms with Crippen LogP contribution in [-0.2, 0) is 9.53 Å². The van der Waals surface area contributed by atoms with Crippen molar-refractivity contribution in [1.29, 1.82) is 0 Å². The molecule has 0 aromatic heterocycles. The normalized spacial score (nSPS) is 18.9. The lowest BCUT2D eigenvalue weighted by molar-refractivity contribution is -0.115. The summed E-state index contributed by atoms with van der Waals surface area (Å²) in [4.78, 5) is 11.9.